The number of benzene rings is 2. The molecule has 1 nitrogen and oxygen atoms in total. The van der Waals surface area contributed by atoms with Crippen LogP contribution in [0, 0.1) is 33.1 Å². The Bertz CT molecular complexity index is 833. The van der Waals surface area contributed by atoms with E-state index in [1.165, 1.54) is 52.7 Å². The van der Waals surface area contributed by atoms with Gasteiger partial charge in [0.15, 0.2) is 0 Å². The second-order valence-corrected chi connectivity index (χ2v) is 9.83. The van der Waals surface area contributed by atoms with E-state index in [2.05, 4.69) is 90.6 Å². The molecule has 3 rings (SSSR count). The fourth-order valence-electron chi connectivity index (χ4n) is 4.08. The van der Waals surface area contributed by atoms with Crippen molar-refractivity contribution in [2.75, 3.05) is 0 Å². The van der Waals surface area contributed by atoms with E-state index in [1.54, 1.807) is 6.92 Å². The summed E-state index contributed by atoms with van der Waals surface area (Å²) in [5.74, 6) is 0.416. The number of rotatable bonds is 3. The van der Waals surface area contributed by atoms with Crippen LogP contribution in [0.4, 0.5) is 0 Å². The van der Waals surface area contributed by atoms with Crippen LogP contribution in [-0.4, -0.2) is 5.78 Å². The number of carbonyl (C=O) groups is 1. The largest absolute Gasteiger partial charge is 0.299 e. The fourth-order valence-corrected chi connectivity index (χ4v) is 4.08. The summed E-state index contributed by atoms with van der Waals surface area (Å²) in [6, 6.07) is 15.0. The Morgan fingerprint density at radius 3 is 1.70 bits per heavy atom. The lowest BCUT2D eigenvalue weighted by atomic mass is 9.70. The SMILES string of the molecule is C=C(C)C.CCC1(C(C)=O)CCCCC1.CCc1ccccc1C.Cc1ccc(C)c(C)c1. The highest BCUT2D eigenvalue weighted by Gasteiger charge is 2.34. The van der Waals surface area contributed by atoms with Gasteiger partial charge in [0.05, 0.1) is 0 Å². The molecule has 0 N–H and O–H groups in total. The molecule has 0 heterocycles. The number of hydrogen-bond donors (Lipinski definition) is 0. The van der Waals surface area contributed by atoms with Crippen molar-refractivity contribution in [1.29, 1.82) is 0 Å². The number of allylic oxidation sites excluding steroid dienone is 1. The first kappa shape index (κ1) is 30.9. The molecule has 1 aliphatic rings. The molecular formula is C32H50O. The third kappa shape index (κ3) is 12.6. The van der Waals surface area contributed by atoms with Gasteiger partial charge in [-0.3, -0.25) is 4.79 Å². The van der Waals surface area contributed by atoms with Gasteiger partial charge in [0.1, 0.15) is 5.78 Å². The smallest absolute Gasteiger partial charge is 0.135 e. The van der Waals surface area contributed by atoms with E-state index in [-0.39, 0.29) is 5.41 Å². The van der Waals surface area contributed by atoms with Crippen LogP contribution in [0.15, 0.2) is 54.6 Å². The summed E-state index contributed by atoms with van der Waals surface area (Å²) in [5.41, 5.74) is 8.21. The van der Waals surface area contributed by atoms with E-state index in [1.807, 2.05) is 13.8 Å². The summed E-state index contributed by atoms with van der Waals surface area (Å²) in [6.07, 6.45) is 8.31. The molecule has 0 atom stereocenters. The summed E-state index contributed by atoms with van der Waals surface area (Å²) >= 11 is 0. The normalized spacial score (nSPS) is 13.7. The Hall–Kier alpha value is -2.15. The number of aryl methyl sites for hydroxylation is 5. The summed E-state index contributed by atoms with van der Waals surface area (Å²) < 4.78 is 0. The standard InChI is InChI=1S/C10H18O.2C9H12.C4H8/c1-3-10(9(2)11)7-5-4-6-8-10;1-7-4-5-8(2)9(3)6-7;1-3-9-7-5-4-6-8(9)2;1-4(2)3/h3-8H2,1-2H3;4-6H,1-3H3;4-7H,3H2,1-2H3;1H2,2-3H3. The van der Waals surface area contributed by atoms with E-state index < -0.39 is 0 Å². The van der Waals surface area contributed by atoms with Crippen molar-refractivity contribution in [2.45, 2.75) is 107 Å². The van der Waals surface area contributed by atoms with Gasteiger partial charge in [-0.1, -0.05) is 86.7 Å². The van der Waals surface area contributed by atoms with Gasteiger partial charge in [0, 0.05) is 5.41 Å². The van der Waals surface area contributed by atoms with Gasteiger partial charge in [-0.2, -0.15) is 0 Å². The fraction of sp³-hybridized carbons (Fsp3) is 0.531. The minimum absolute atomic E-state index is 0.0816. The van der Waals surface area contributed by atoms with Crippen LogP contribution in [0.25, 0.3) is 0 Å². The summed E-state index contributed by atoms with van der Waals surface area (Å²) in [6.45, 7) is 22.1. The van der Waals surface area contributed by atoms with E-state index in [9.17, 15) is 4.79 Å². The van der Waals surface area contributed by atoms with E-state index in [0.717, 1.165) is 25.7 Å². The van der Waals surface area contributed by atoms with E-state index in [0.29, 0.717) is 5.78 Å². The van der Waals surface area contributed by atoms with Crippen LogP contribution in [-0.2, 0) is 11.2 Å². The highest BCUT2D eigenvalue weighted by atomic mass is 16.1. The van der Waals surface area contributed by atoms with Crippen molar-refractivity contribution >= 4 is 5.78 Å². The Labute approximate surface area is 205 Å². The third-order valence-corrected chi connectivity index (χ3v) is 6.54. The second-order valence-electron chi connectivity index (χ2n) is 9.83. The van der Waals surface area contributed by atoms with Crippen molar-refractivity contribution in [3.63, 3.8) is 0 Å². The maximum absolute atomic E-state index is 11.4. The first-order valence-corrected chi connectivity index (χ1v) is 12.7. The minimum Gasteiger partial charge on any atom is -0.299 e. The monoisotopic (exact) mass is 450 g/mol. The van der Waals surface area contributed by atoms with Crippen LogP contribution >= 0.6 is 0 Å². The molecule has 0 aromatic heterocycles. The first-order chi connectivity index (χ1) is 15.5. The highest BCUT2D eigenvalue weighted by molar-refractivity contribution is 5.82. The number of hydrogen-bond acceptors (Lipinski definition) is 1. The Morgan fingerprint density at radius 1 is 0.818 bits per heavy atom. The van der Waals surface area contributed by atoms with Gasteiger partial charge in [0.25, 0.3) is 0 Å². The molecule has 1 aliphatic carbocycles. The van der Waals surface area contributed by atoms with Gasteiger partial charge in [0.2, 0.25) is 0 Å². The van der Waals surface area contributed by atoms with Crippen LogP contribution in [0.1, 0.15) is 101 Å². The molecule has 2 aromatic rings. The zero-order chi connectivity index (χ0) is 25.4. The average molecular weight is 451 g/mol. The van der Waals surface area contributed by atoms with Crippen LogP contribution in [0.3, 0.4) is 0 Å². The second kappa shape index (κ2) is 16.5. The van der Waals surface area contributed by atoms with Gasteiger partial charge in [-0.05, 0) is 96.4 Å². The molecule has 0 aliphatic heterocycles. The summed E-state index contributed by atoms with van der Waals surface area (Å²) in [5, 5.41) is 0. The molecule has 2 aromatic carbocycles. The average Bonchev–Trinajstić information content (AvgIpc) is 2.78. The molecular weight excluding hydrogens is 400 g/mol. The van der Waals surface area contributed by atoms with Gasteiger partial charge >= 0.3 is 0 Å². The van der Waals surface area contributed by atoms with Crippen LogP contribution in [0.2, 0.25) is 0 Å². The lowest BCUT2D eigenvalue weighted by molar-refractivity contribution is -0.128. The van der Waals surface area contributed by atoms with Crippen molar-refractivity contribution < 1.29 is 4.79 Å². The molecule has 184 valence electrons. The zero-order valence-electron chi connectivity index (χ0n) is 23.1. The summed E-state index contributed by atoms with van der Waals surface area (Å²) in [4.78, 5) is 11.4. The van der Waals surface area contributed by atoms with E-state index >= 15 is 0 Å². The van der Waals surface area contributed by atoms with Crippen molar-refractivity contribution in [1.82, 2.24) is 0 Å². The summed E-state index contributed by atoms with van der Waals surface area (Å²) in [7, 11) is 0. The van der Waals surface area contributed by atoms with Crippen LogP contribution in [0.5, 0.6) is 0 Å². The lowest BCUT2D eigenvalue weighted by Gasteiger charge is -2.33. The first-order valence-electron chi connectivity index (χ1n) is 12.7. The maximum Gasteiger partial charge on any atom is 0.135 e. The molecule has 0 spiro atoms. The molecule has 1 fully saturated rings. The van der Waals surface area contributed by atoms with Crippen molar-refractivity contribution in [3.05, 3.63) is 82.4 Å². The predicted octanol–water partition coefficient (Wildman–Crippen LogP) is 9.69. The molecule has 1 saturated carbocycles. The topological polar surface area (TPSA) is 17.1 Å². The van der Waals surface area contributed by atoms with E-state index in [4.69, 9.17) is 0 Å². The Balaban J connectivity index is 0.000000433. The molecule has 0 bridgehead atoms. The molecule has 0 saturated heterocycles. The minimum atomic E-state index is 0.0816. The predicted molar refractivity (Wildman–Crippen MR) is 148 cm³/mol. The van der Waals surface area contributed by atoms with Crippen molar-refractivity contribution in [2.24, 2.45) is 5.41 Å². The number of ketones is 1. The van der Waals surface area contributed by atoms with Crippen molar-refractivity contribution in [3.8, 4) is 0 Å². The highest BCUT2D eigenvalue weighted by Crippen LogP contribution is 2.39. The molecule has 0 unspecified atom stereocenters. The molecule has 0 amide bonds. The van der Waals surface area contributed by atoms with Gasteiger partial charge in [-0.15, -0.1) is 6.58 Å². The third-order valence-electron chi connectivity index (χ3n) is 6.54. The molecule has 0 radical (unpaired) electrons. The lowest BCUT2D eigenvalue weighted by Crippen LogP contribution is -2.30. The Kier molecular flexibility index (Phi) is 15.4. The molecule has 33 heavy (non-hydrogen) atoms. The zero-order valence-corrected chi connectivity index (χ0v) is 23.1. The van der Waals surface area contributed by atoms with Crippen LogP contribution < -0.4 is 0 Å². The Morgan fingerprint density at radius 2 is 1.36 bits per heavy atom. The maximum atomic E-state index is 11.4. The number of carbonyl (C=O) groups excluding carboxylic acids is 1. The number of Topliss-reactive ketones (excluding diaryl/α,β-unsaturated/α-hetero) is 1. The van der Waals surface area contributed by atoms with Gasteiger partial charge in [-0.25, -0.2) is 0 Å². The van der Waals surface area contributed by atoms with Gasteiger partial charge < -0.3 is 0 Å². The molecule has 1 heteroatoms. The quantitative estimate of drug-likeness (QED) is 0.425.